The molecular formula is C15H23NO. The molecule has 0 aliphatic carbocycles. The van der Waals surface area contributed by atoms with Gasteiger partial charge in [0.15, 0.2) is 0 Å². The Balaban J connectivity index is 2.99. The number of carbonyl (C=O) groups excluding carboxylic acids is 1. The number of amides is 1. The fourth-order valence-corrected chi connectivity index (χ4v) is 2.11. The SMILES string of the molecule is CCC(CC)C(=O)N(C)c1cc(C)ccc1C. The Morgan fingerprint density at radius 1 is 1.24 bits per heavy atom. The molecule has 0 aliphatic heterocycles. The Hall–Kier alpha value is -1.31. The zero-order chi connectivity index (χ0) is 13.0. The summed E-state index contributed by atoms with van der Waals surface area (Å²) in [5.41, 5.74) is 3.37. The van der Waals surface area contributed by atoms with Crippen LogP contribution in [0.3, 0.4) is 0 Å². The standard InChI is InChI=1S/C15H23NO/c1-6-13(7-2)15(17)16(5)14-10-11(3)8-9-12(14)4/h8-10,13H,6-7H2,1-5H3. The van der Waals surface area contributed by atoms with Crippen molar-refractivity contribution >= 4 is 11.6 Å². The van der Waals surface area contributed by atoms with Crippen LogP contribution in [0.15, 0.2) is 18.2 Å². The van der Waals surface area contributed by atoms with E-state index in [1.807, 2.05) is 14.0 Å². The van der Waals surface area contributed by atoms with E-state index < -0.39 is 0 Å². The molecule has 0 saturated heterocycles. The van der Waals surface area contributed by atoms with Gasteiger partial charge in [0.05, 0.1) is 0 Å². The van der Waals surface area contributed by atoms with Gasteiger partial charge in [0, 0.05) is 18.7 Å². The van der Waals surface area contributed by atoms with Crippen LogP contribution in [0, 0.1) is 19.8 Å². The van der Waals surface area contributed by atoms with Crippen molar-refractivity contribution < 1.29 is 4.79 Å². The molecule has 0 N–H and O–H groups in total. The third-order valence-electron chi connectivity index (χ3n) is 3.39. The second-order valence-corrected chi connectivity index (χ2v) is 4.70. The molecule has 0 atom stereocenters. The van der Waals surface area contributed by atoms with Crippen molar-refractivity contribution in [3.05, 3.63) is 29.3 Å². The quantitative estimate of drug-likeness (QED) is 0.776. The van der Waals surface area contributed by atoms with Gasteiger partial charge in [0.2, 0.25) is 5.91 Å². The predicted octanol–water partition coefficient (Wildman–Crippen LogP) is 3.70. The smallest absolute Gasteiger partial charge is 0.229 e. The van der Waals surface area contributed by atoms with Crippen LogP contribution in [0.1, 0.15) is 37.8 Å². The van der Waals surface area contributed by atoms with Crippen molar-refractivity contribution in [3.8, 4) is 0 Å². The van der Waals surface area contributed by atoms with Gasteiger partial charge in [-0.2, -0.15) is 0 Å². The average molecular weight is 233 g/mol. The summed E-state index contributed by atoms with van der Waals surface area (Å²) < 4.78 is 0. The number of carbonyl (C=O) groups is 1. The van der Waals surface area contributed by atoms with E-state index in [4.69, 9.17) is 0 Å². The lowest BCUT2D eigenvalue weighted by Crippen LogP contribution is -2.32. The van der Waals surface area contributed by atoms with E-state index in [-0.39, 0.29) is 11.8 Å². The second-order valence-electron chi connectivity index (χ2n) is 4.70. The lowest BCUT2D eigenvalue weighted by Gasteiger charge is -2.24. The van der Waals surface area contributed by atoms with Gasteiger partial charge in [0.25, 0.3) is 0 Å². The van der Waals surface area contributed by atoms with E-state index in [0.29, 0.717) is 0 Å². The second kappa shape index (κ2) is 5.85. The highest BCUT2D eigenvalue weighted by atomic mass is 16.2. The molecule has 0 saturated carbocycles. The van der Waals surface area contributed by atoms with Gasteiger partial charge < -0.3 is 4.90 Å². The maximum Gasteiger partial charge on any atom is 0.229 e. The number of aryl methyl sites for hydroxylation is 2. The largest absolute Gasteiger partial charge is 0.315 e. The van der Waals surface area contributed by atoms with Crippen molar-refractivity contribution in [3.63, 3.8) is 0 Å². The lowest BCUT2D eigenvalue weighted by molar-refractivity contribution is -0.122. The Labute approximate surface area is 105 Å². The van der Waals surface area contributed by atoms with E-state index in [1.54, 1.807) is 4.90 Å². The highest BCUT2D eigenvalue weighted by Gasteiger charge is 2.20. The zero-order valence-corrected chi connectivity index (χ0v) is 11.6. The normalized spacial score (nSPS) is 10.7. The molecule has 0 bridgehead atoms. The van der Waals surface area contributed by atoms with Crippen LogP contribution in [-0.2, 0) is 4.79 Å². The molecule has 1 rings (SSSR count). The van der Waals surface area contributed by atoms with Crippen molar-refractivity contribution in [2.45, 2.75) is 40.5 Å². The van der Waals surface area contributed by atoms with Crippen LogP contribution >= 0.6 is 0 Å². The molecule has 0 unspecified atom stereocenters. The molecule has 1 aromatic rings. The first-order valence-corrected chi connectivity index (χ1v) is 6.36. The van der Waals surface area contributed by atoms with E-state index in [9.17, 15) is 4.79 Å². The van der Waals surface area contributed by atoms with Crippen molar-refractivity contribution in [2.75, 3.05) is 11.9 Å². The van der Waals surface area contributed by atoms with Crippen molar-refractivity contribution in [1.82, 2.24) is 0 Å². The first kappa shape index (κ1) is 13.8. The number of hydrogen-bond acceptors (Lipinski definition) is 1. The van der Waals surface area contributed by atoms with Gasteiger partial charge in [0.1, 0.15) is 0 Å². The first-order chi connectivity index (χ1) is 8.01. The summed E-state index contributed by atoms with van der Waals surface area (Å²) in [4.78, 5) is 14.1. The summed E-state index contributed by atoms with van der Waals surface area (Å²) >= 11 is 0. The average Bonchev–Trinajstić information content (AvgIpc) is 2.32. The molecule has 0 radical (unpaired) electrons. The minimum atomic E-state index is 0.139. The maximum atomic E-state index is 12.3. The van der Waals surface area contributed by atoms with E-state index in [1.165, 1.54) is 5.56 Å². The van der Waals surface area contributed by atoms with Crippen molar-refractivity contribution in [1.29, 1.82) is 0 Å². The van der Waals surface area contributed by atoms with E-state index in [0.717, 1.165) is 24.1 Å². The molecule has 2 heteroatoms. The molecule has 94 valence electrons. The van der Waals surface area contributed by atoms with Crippen LogP contribution in [0.2, 0.25) is 0 Å². The number of anilines is 1. The maximum absolute atomic E-state index is 12.3. The monoisotopic (exact) mass is 233 g/mol. The molecule has 1 aromatic carbocycles. The number of nitrogens with zero attached hydrogens (tertiary/aromatic N) is 1. The minimum Gasteiger partial charge on any atom is -0.315 e. The highest BCUT2D eigenvalue weighted by Crippen LogP contribution is 2.23. The van der Waals surface area contributed by atoms with Crippen LogP contribution in [0.5, 0.6) is 0 Å². The predicted molar refractivity (Wildman–Crippen MR) is 73.4 cm³/mol. The molecular weight excluding hydrogens is 210 g/mol. The Morgan fingerprint density at radius 2 is 1.82 bits per heavy atom. The summed E-state index contributed by atoms with van der Waals surface area (Å²) in [6.45, 7) is 8.25. The molecule has 0 heterocycles. The summed E-state index contributed by atoms with van der Waals surface area (Å²) in [5, 5.41) is 0. The summed E-state index contributed by atoms with van der Waals surface area (Å²) in [7, 11) is 1.88. The van der Waals surface area contributed by atoms with Crippen LogP contribution < -0.4 is 4.90 Å². The Morgan fingerprint density at radius 3 is 2.35 bits per heavy atom. The fourth-order valence-electron chi connectivity index (χ4n) is 2.11. The van der Waals surface area contributed by atoms with E-state index in [2.05, 4.69) is 39.0 Å². The van der Waals surface area contributed by atoms with E-state index >= 15 is 0 Å². The Bertz CT molecular complexity index is 394. The molecule has 1 amide bonds. The number of benzene rings is 1. The van der Waals surface area contributed by atoms with Gasteiger partial charge in [-0.1, -0.05) is 26.0 Å². The van der Waals surface area contributed by atoms with Crippen LogP contribution in [0.4, 0.5) is 5.69 Å². The zero-order valence-electron chi connectivity index (χ0n) is 11.6. The molecule has 0 spiro atoms. The fraction of sp³-hybridized carbons (Fsp3) is 0.533. The molecule has 0 aromatic heterocycles. The third kappa shape index (κ3) is 3.09. The highest BCUT2D eigenvalue weighted by molar-refractivity contribution is 5.95. The number of rotatable bonds is 4. The summed E-state index contributed by atoms with van der Waals surface area (Å²) in [5.74, 6) is 0.364. The number of hydrogen-bond donors (Lipinski definition) is 0. The van der Waals surface area contributed by atoms with Crippen LogP contribution in [0.25, 0.3) is 0 Å². The molecule has 0 aliphatic rings. The minimum absolute atomic E-state index is 0.139. The van der Waals surface area contributed by atoms with Gasteiger partial charge in [-0.05, 0) is 43.9 Å². The lowest BCUT2D eigenvalue weighted by atomic mass is 10.0. The van der Waals surface area contributed by atoms with Gasteiger partial charge in [-0.3, -0.25) is 4.79 Å². The molecule has 2 nitrogen and oxygen atoms in total. The third-order valence-corrected chi connectivity index (χ3v) is 3.39. The first-order valence-electron chi connectivity index (χ1n) is 6.36. The topological polar surface area (TPSA) is 20.3 Å². The van der Waals surface area contributed by atoms with Gasteiger partial charge >= 0.3 is 0 Å². The molecule has 0 fully saturated rings. The van der Waals surface area contributed by atoms with Gasteiger partial charge in [-0.15, -0.1) is 0 Å². The van der Waals surface area contributed by atoms with Gasteiger partial charge in [-0.25, -0.2) is 0 Å². The molecule has 17 heavy (non-hydrogen) atoms. The van der Waals surface area contributed by atoms with Crippen LogP contribution in [-0.4, -0.2) is 13.0 Å². The summed E-state index contributed by atoms with van der Waals surface area (Å²) in [6, 6.07) is 6.23. The van der Waals surface area contributed by atoms with Crippen molar-refractivity contribution in [2.24, 2.45) is 5.92 Å². The Kier molecular flexibility index (Phi) is 4.73. The summed E-state index contributed by atoms with van der Waals surface area (Å²) in [6.07, 6.45) is 1.81.